The van der Waals surface area contributed by atoms with E-state index in [4.69, 9.17) is 4.74 Å². The number of ether oxygens (including phenoxy) is 1. The second kappa shape index (κ2) is 5.36. The summed E-state index contributed by atoms with van der Waals surface area (Å²) in [6.45, 7) is 2.46. The molecule has 1 N–H and O–H groups in total. The first kappa shape index (κ1) is 12.8. The molecule has 4 heteroatoms. The van der Waals surface area contributed by atoms with Crippen LogP contribution in [0, 0.1) is 5.92 Å². The van der Waals surface area contributed by atoms with Crippen molar-refractivity contribution in [2.45, 2.75) is 50.7 Å². The summed E-state index contributed by atoms with van der Waals surface area (Å²) in [5.41, 5.74) is 0. The molecule has 0 aromatic rings. The Hall–Kier alpha value is -0.610. The summed E-state index contributed by atoms with van der Waals surface area (Å²) in [4.78, 5) is 14.1. The quantitative estimate of drug-likeness (QED) is 0.797. The van der Waals surface area contributed by atoms with E-state index in [9.17, 15) is 4.79 Å². The summed E-state index contributed by atoms with van der Waals surface area (Å²) in [6.07, 6.45) is 4.77. The summed E-state index contributed by atoms with van der Waals surface area (Å²) >= 11 is 0. The van der Waals surface area contributed by atoms with Crippen LogP contribution in [0.4, 0.5) is 0 Å². The Bertz CT molecular complexity index is 271. The highest BCUT2D eigenvalue weighted by atomic mass is 16.5. The number of rotatable bonds is 4. The van der Waals surface area contributed by atoms with Gasteiger partial charge in [0, 0.05) is 32.3 Å². The lowest BCUT2D eigenvalue weighted by Gasteiger charge is -2.36. The molecule has 3 unspecified atom stereocenters. The zero-order valence-electron chi connectivity index (χ0n) is 11.1. The van der Waals surface area contributed by atoms with E-state index in [-0.39, 0.29) is 11.8 Å². The van der Waals surface area contributed by atoms with Crippen molar-refractivity contribution in [2.24, 2.45) is 5.92 Å². The van der Waals surface area contributed by atoms with Crippen LogP contribution in [0.2, 0.25) is 0 Å². The molecule has 98 valence electrons. The Morgan fingerprint density at radius 3 is 2.53 bits per heavy atom. The maximum atomic E-state index is 12.2. The Balaban J connectivity index is 1.91. The fourth-order valence-corrected chi connectivity index (χ4v) is 3.19. The molecule has 0 saturated carbocycles. The van der Waals surface area contributed by atoms with Crippen LogP contribution in [0.25, 0.3) is 0 Å². The maximum Gasteiger partial charge on any atom is 0.227 e. The fourth-order valence-electron chi connectivity index (χ4n) is 3.19. The standard InChI is InChI=1S/C13H24N2O2/c1-9(8-17-3)13(16)15(2)12-6-10-4-5-11(7-12)14-10/h9-12,14H,4-8H2,1-3H3. The minimum atomic E-state index is -0.0301. The Morgan fingerprint density at radius 2 is 2.00 bits per heavy atom. The number of carbonyl (C=O) groups is 1. The average molecular weight is 240 g/mol. The van der Waals surface area contributed by atoms with Gasteiger partial charge in [0.1, 0.15) is 0 Å². The van der Waals surface area contributed by atoms with Crippen LogP contribution >= 0.6 is 0 Å². The average Bonchev–Trinajstić information content (AvgIpc) is 2.66. The molecule has 0 aromatic heterocycles. The molecule has 2 rings (SSSR count). The molecule has 0 radical (unpaired) electrons. The van der Waals surface area contributed by atoms with Crippen LogP contribution in [0.5, 0.6) is 0 Å². The van der Waals surface area contributed by atoms with Crippen molar-refractivity contribution in [3.8, 4) is 0 Å². The molecule has 3 atom stereocenters. The van der Waals surface area contributed by atoms with Gasteiger partial charge < -0.3 is 15.0 Å². The van der Waals surface area contributed by atoms with Crippen LogP contribution in [-0.4, -0.2) is 49.7 Å². The van der Waals surface area contributed by atoms with Crippen LogP contribution in [0.3, 0.4) is 0 Å². The molecule has 4 nitrogen and oxygen atoms in total. The molecule has 2 heterocycles. The van der Waals surface area contributed by atoms with E-state index < -0.39 is 0 Å². The molecule has 0 aromatic carbocycles. The zero-order valence-corrected chi connectivity index (χ0v) is 11.1. The zero-order chi connectivity index (χ0) is 12.4. The number of nitrogens with zero attached hydrogens (tertiary/aromatic N) is 1. The van der Waals surface area contributed by atoms with Crippen LogP contribution in [0.1, 0.15) is 32.6 Å². The minimum Gasteiger partial charge on any atom is -0.384 e. The molecule has 2 aliphatic heterocycles. The summed E-state index contributed by atoms with van der Waals surface area (Å²) in [5, 5.41) is 3.61. The molecule has 17 heavy (non-hydrogen) atoms. The van der Waals surface area contributed by atoms with Gasteiger partial charge >= 0.3 is 0 Å². The van der Waals surface area contributed by atoms with Crippen molar-refractivity contribution in [2.75, 3.05) is 20.8 Å². The van der Waals surface area contributed by atoms with Crippen molar-refractivity contribution < 1.29 is 9.53 Å². The number of methoxy groups -OCH3 is 1. The fraction of sp³-hybridized carbons (Fsp3) is 0.923. The normalized spacial score (nSPS) is 33.5. The Kier molecular flexibility index (Phi) is 4.05. The first-order valence-corrected chi connectivity index (χ1v) is 6.63. The van der Waals surface area contributed by atoms with E-state index in [1.165, 1.54) is 12.8 Å². The third-order valence-corrected chi connectivity index (χ3v) is 4.18. The smallest absolute Gasteiger partial charge is 0.227 e. The predicted octanol–water partition coefficient (Wildman–Crippen LogP) is 1.01. The summed E-state index contributed by atoms with van der Waals surface area (Å²) < 4.78 is 5.06. The third kappa shape index (κ3) is 2.80. The van der Waals surface area contributed by atoms with Gasteiger partial charge in [-0.1, -0.05) is 6.92 Å². The lowest BCUT2D eigenvalue weighted by atomic mass is 9.97. The van der Waals surface area contributed by atoms with E-state index in [2.05, 4.69) is 5.32 Å². The van der Waals surface area contributed by atoms with Gasteiger partial charge in [-0.25, -0.2) is 0 Å². The molecule has 0 aliphatic carbocycles. The molecule has 1 amide bonds. The summed E-state index contributed by atoms with van der Waals surface area (Å²) in [5.74, 6) is 0.190. The topological polar surface area (TPSA) is 41.6 Å². The number of amides is 1. The molecular weight excluding hydrogens is 216 g/mol. The number of hydrogen-bond acceptors (Lipinski definition) is 3. The number of piperidine rings is 1. The molecular formula is C13H24N2O2. The van der Waals surface area contributed by atoms with E-state index in [0.717, 1.165) is 12.8 Å². The van der Waals surface area contributed by atoms with Gasteiger partial charge in [-0.2, -0.15) is 0 Å². The predicted molar refractivity (Wildman–Crippen MR) is 66.8 cm³/mol. The number of carbonyl (C=O) groups excluding carboxylic acids is 1. The second-order valence-electron chi connectivity index (χ2n) is 5.57. The summed E-state index contributed by atoms with van der Waals surface area (Å²) in [6, 6.07) is 1.68. The van der Waals surface area contributed by atoms with Gasteiger partial charge in [0.25, 0.3) is 0 Å². The highest BCUT2D eigenvalue weighted by molar-refractivity contribution is 5.78. The number of hydrogen-bond donors (Lipinski definition) is 1. The van der Waals surface area contributed by atoms with Crippen molar-refractivity contribution in [1.82, 2.24) is 10.2 Å². The van der Waals surface area contributed by atoms with E-state index in [1.54, 1.807) is 7.11 Å². The first-order chi connectivity index (χ1) is 8.11. The lowest BCUT2D eigenvalue weighted by Crippen LogP contribution is -2.50. The molecule has 2 fully saturated rings. The van der Waals surface area contributed by atoms with Crippen LogP contribution in [0.15, 0.2) is 0 Å². The van der Waals surface area contributed by atoms with Gasteiger partial charge in [0.2, 0.25) is 5.91 Å². The summed E-state index contributed by atoms with van der Waals surface area (Å²) in [7, 11) is 3.60. The molecule has 2 aliphatic rings. The molecule has 2 saturated heterocycles. The van der Waals surface area contributed by atoms with Crippen LogP contribution < -0.4 is 5.32 Å². The van der Waals surface area contributed by atoms with Gasteiger partial charge in [0.15, 0.2) is 0 Å². The minimum absolute atomic E-state index is 0.0301. The second-order valence-corrected chi connectivity index (χ2v) is 5.57. The monoisotopic (exact) mass is 240 g/mol. The maximum absolute atomic E-state index is 12.2. The van der Waals surface area contributed by atoms with Crippen LogP contribution in [-0.2, 0) is 9.53 Å². The largest absolute Gasteiger partial charge is 0.384 e. The Morgan fingerprint density at radius 1 is 1.41 bits per heavy atom. The van der Waals surface area contributed by atoms with Crippen molar-refractivity contribution in [1.29, 1.82) is 0 Å². The highest BCUT2D eigenvalue weighted by Gasteiger charge is 2.36. The number of fused-ring (bicyclic) bond motifs is 2. The van der Waals surface area contributed by atoms with Crippen molar-refractivity contribution >= 4 is 5.91 Å². The SMILES string of the molecule is COCC(C)C(=O)N(C)C1CC2CCC(C1)N2. The van der Waals surface area contributed by atoms with E-state index in [1.807, 2.05) is 18.9 Å². The van der Waals surface area contributed by atoms with Crippen molar-refractivity contribution in [3.63, 3.8) is 0 Å². The van der Waals surface area contributed by atoms with Gasteiger partial charge in [0.05, 0.1) is 12.5 Å². The van der Waals surface area contributed by atoms with Crippen molar-refractivity contribution in [3.05, 3.63) is 0 Å². The number of nitrogens with one attached hydrogen (secondary N) is 1. The first-order valence-electron chi connectivity index (χ1n) is 6.63. The van der Waals surface area contributed by atoms with E-state index in [0.29, 0.717) is 24.7 Å². The molecule has 0 spiro atoms. The highest BCUT2D eigenvalue weighted by Crippen LogP contribution is 2.29. The van der Waals surface area contributed by atoms with Gasteiger partial charge in [-0.15, -0.1) is 0 Å². The third-order valence-electron chi connectivity index (χ3n) is 4.18. The van der Waals surface area contributed by atoms with Gasteiger partial charge in [-0.3, -0.25) is 4.79 Å². The van der Waals surface area contributed by atoms with E-state index >= 15 is 0 Å². The Labute approximate surface area is 104 Å². The van der Waals surface area contributed by atoms with Gasteiger partial charge in [-0.05, 0) is 25.7 Å². The molecule has 2 bridgehead atoms. The lowest BCUT2D eigenvalue weighted by molar-refractivity contribution is -0.138.